The summed E-state index contributed by atoms with van der Waals surface area (Å²) in [5.41, 5.74) is 1.65. The zero-order chi connectivity index (χ0) is 14.6. The van der Waals surface area contributed by atoms with Crippen molar-refractivity contribution < 1.29 is 0 Å². The molecule has 0 aromatic carbocycles. The molecule has 0 bridgehead atoms. The Morgan fingerprint density at radius 2 is 2.20 bits per heavy atom. The minimum atomic E-state index is 0.490. The molecule has 1 aromatic rings. The van der Waals surface area contributed by atoms with Crippen molar-refractivity contribution in [1.29, 1.82) is 0 Å². The van der Waals surface area contributed by atoms with Crippen LogP contribution >= 0.6 is 0 Å². The first-order valence-corrected chi connectivity index (χ1v) is 7.76. The molecule has 0 spiro atoms. The van der Waals surface area contributed by atoms with E-state index < -0.39 is 0 Å². The van der Waals surface area contributed by atoms with Crippen molar-refractivity contribution in [3.63, 3.8) is 0 Å². The molecule has 0 saturated heterocycles. The number of nitrogens with zero attached hydrogens (tertiary/aromatic N) is 2. The Balaban J connectivity index is 1.92. The Kier molecular flexibility index (Phi) is 5.17. The van der Waals surface area contributed by atoms with E-state index in [2.05, 4.69) is 55.3 Å². The van der Waals surface area contributed by atoms with Gasteiger partial charge >= 0.3 is 0 Å². The molecule has 3 heteroatoms. The molecular weight excluding hydrogens is 246 g/mol. The molecule has 1 aliphatic carbocycles. The third-order valence-electron chi connectivity index (χ3n) is 4.59. The first-order valence-electron chi connectivity index (χ1n) is 7.76. The van der Waals surface area contributed by atoms with Crippen LogP contribution in [0.1, 0.15) is 38.8 Å². The lowest BCUT2D eigenvalue weighted by Gasteiger charge is -2.42. The molecule has 0 aliphatic heterocycles. The molecule has 1 aromatic heterocycles. The van der Waals surface area contributed by atoms with Gasteiger partial charge < -0.3 is 10.2 Å². The van der Waals surface area contributed by atoms with E-state index >= 15 is 0 Å². The molecule has 0 radical (unpaired) electrons. The lowest BCUT2D eigenvalue weighted by atomic mass is 9.70. The maximum absolute atomic E-state index is 4.42. The van der Waals surface area contributed by atoms with Crippen molar-refractivity contribution in [3.8, 4) is 0 Å². The normalized spacial score (nSPS) is 25.9. The Bertz CT molecular complexity index is 402. The van der Waals surface area contributed by atoms with Crippen molar-refractivity contribution in [2.75, 3.05) is 20.6 Å². The Labute approximate surface area is 123 Å². The quantitative estimate of drug-likeness (QED) is 0.895. The summed E-state index contributed by atoms with van der Waals surface area (Å²) in [4.78, 5) is 6.84. The van der Waals surface area contributed by atoms with Gasteiger partial charge in [0.2, 0.25) is 0 Å². The lowest BCUT2D eigenvalue weighted by Crippen LogP contribution is -2.45. The fourth-order valence-electron chi connectivity index (χ4n) is 3.54. The minimum absolute atomic E-state index is 0.490. The van der Waals surface area contributed by atoms with Gasteiger partial charge in [0, 0.05) is 25.3 Å². The van der Waals surface area contributed by atoms with E-state index in [0.29, 0.717) is 11.5 Å². The summed E-state index contributed by atoms with van der Waals surface area (Å²) >= 11 is 0. The maximum Gasteiger partial charge on any atom is 0.0543 e. The van der Waals surface area contributed by atoms with Gasteiger partial charge in [-0.2, -0.15) is 0 Å². The van der Waals surface area contributed by atoms with E-state index in [-0.39, 0.29) is 0 Å². The molecular formula is C17H29N3. The molecule has 2 atom stereocenters. The molecule has 2 rings (SSSR count). The monoisotopic (exact) mass is 275 g/mol. The van der Waals surface area contributed by atoms with E-state index in [1.807, 2.05) is 12.3 Å². The molecule has 1 heterocycles. The number of rotatable bonds is 5. The molecule has 1 aliphatic rings. The zero-order valence-corrected chi connectivity index (χ0v) is 13.4. The van der Waals surface area contributed by atoms with Gasteiger partial charge in [-0.15, -0.1) is 0 Å². The van der Waals surface area contributed by atoms with Gasteiger partial charge in [0.15, 0.2) is 0 Å². The van der Waals surface area contributed by atoms with Gasteiger partial charge in [0.1, 0.15) is 0 Å². The number of hydrogen-bond donors (Lipinski definition) is 1. The average molecular weight is 275 g/mol. The second-order valence-corrected chi connectivity index (χ2v) is 7.08. The molecule has 0 amide bonds. The number of nitrogens with one attached hydrogen (secondary N) is 1. The summed E-state index contributed by atoms with van der Waals surface area (Å²) < 4.78 is 0. The van der Waals surface area contributed by atoms with E-state index in [0.717, 1.165) is 24.7 Å². The third-order valence-corrected chi connectivity index (χ3v) is 4.59. The van der Waals surface area contributed by atoms with Crippen LogP contribution in [0.2, 0.25) is 0 Å². The van der Waals surface area contributed by atoms with Gasteiger partial charge in [-0.1, -0.05) is 19.9 Å². The van der Waals surface area contributed by atoms with E-state index in [1.165, 1.54) is 19.3 Å². The summed E-state index contributed by atoms with van der Waals surface area (Å²) in [6.07, 6.45) is 5.82. The van der Waals surface area contributed by atoms with Crippen LogP contribution in [0.25, 0.3) is 0 Å². The van der Waals surface area contributed by atoms with Crippen LogP contribution in [-0.2, 0) is 6.54 Å². The second kappa shape index (κ2) is 6.68. The van der Waals surface area contributed by atoms with E-state index in [4.69, 9.17) is 0 Å². The Hall–Kier alpha value is -0.930. The van der Waals surface area contributed by atoms with Gasteiger partial charge in [-0.25, -0.2) is 0 Å². The van der Waals surface area contributed by atoms with Crippen molar-refractivity contribution in [2.24, 2.45) is 11.3 Å². The minimum Gasteiger partial charge on any atom is -0.317 e. The molecule has 112 valence electrons. The van der Waals surface area contributed by atoms with Crippen LogP contribution in [-0.4, -0.2) is 36.6 Å². The zero-order valence-electron chi connectivity index (χ0n) is 13.4. The molecule has 20 heavy (non-hydrogen) atoms. The maximum atomic E-state index is 4.42. The topological polar surface area (TPSA) is 28.2 Å². The molecule has 3 nitrogen and oxygen atoms in total. The van der Waals surface area contributed by atoms with Gasteiger partial charge in [0.05, 0.1) is 5.69 Å². The van der Waals surface area contributed by atoms with Crippen LogP contribution < -0.4 is 5.32 Å². The van der Waals surface area contributed by atoms with Crippen LogP contribution in [0.4, 0.5) is 0 Å². The third kappa shape index (κ3) is 4.29. The van der Waals surface area contributed by atoms with Gasteiger partial charge in [0.25, 0.3) is 0 Å². The fourth-order valence-corrected chi connectivity index (χ4v) is 3.54. The van der Waals surface area contributed by atoms with Crippen molar-refractivity contribution >= 4 is 0 Å². The highest BCUT2D eigenvalue weighted by Gasteiger charge is 2.34. The highest BCUT2D eigenvalue weighted by atomic mass is 15.1. The van der Waals surface area contributed by atoms with Crippen LogP contribution in [0.5, 0.6) is 0 Å². The largest absolute Gasteiger partial charge is 0.317 e. The Morgan fingerprint density at radius 3 is 2.85 bits per heavy atom. The van der Waals surface area contributed by atoms with Crippen LogP contribution in [0.15, 0.2) is 24.4 Å². The van der Waals surface area contributed by atoms with Crippen LogP contribution in [0.3, 0.4) is 0 Å². The molecule has 1 N–H and O–H groups in total. The van der Waals surface area contributed by atoms with Crippen molar-refractivity contribution in [2.45, 2.75) is 45.7 Å². The highest BCUT2D eigenvalue weighted by Crippen LogP contribution is 2.38. The molecule has 1 saturated carbocycles. The van der Waals surface area contributed by atoms with E-state index in [9.17, 15) is 0 Å². The second-order valence-electron chi connectivity index (χ2n) is 7.08. The van der Waals surface area contributed by atoms with Crippen LogP contribution in [0, 0.1) is 11.3 Å². The number of pyridine rings is 1. The first kappa shape index (κ1) is 15.5. The predicted molar refractivity (Wildman–Crippen MR) is 84.5 cm³/mol. The van der Waals surface area contributed by atoms with E-state index in [1.54, 1.807) is 0 Å². The summed E-state index contributed by atoms with van der Waals surface area (Å²) in [7, 11) is 4.32. The van der Waals surface area contributed by atoms with Crippen molar-refractivity contribution in [1.82, 2.24) is 15.2 Å². The SMILES string of the molecule is CNC1CCC(C)(C)CC1CN(C)Cc1ccccn1. The fraction of sp³-hybridized carbons (Fsp3) is 0.706. The number of hydrogen-bond acceptors (Lipinski definition) is 3. The van der Waals surface area contributed by atoms with Crippen molar-refractivity contribution in [3.05, 3.63) is 30.1 Å². The average Bonchev–Trinajstić information content (AvgIpc) is 2.39. The highest BCUT2D eigenvalue weighted by molar-refractivity contribution is 5.03. The Morgan fingerprint density at radius 1 is 1.40 bits per heavy atom. The smallest absolute Gasteiger partial charge is 0.0543 e. The summed E-state index contributed by atoms with van der Waals surface area (Å²) in [5, 5.41) is 3.52. The standard InChI is InChI=1S/C17H29N3/c1-17(2)9-8-16(18-3)14(11-17)12-20(4)13-15-7-5-6-10-19-15/h5-7,10,14,16,18H,8-9,11-13H2,1-4H3. The molecule has 2 unspecified atom stereocenters. The number of aromatic nitrogens is 1. The lowest BCUT2D eigenvalue weighted by molar-refractivity contribution is 0.110. The summed E-state index contributed by atoms with van der Waals surface area (Å²) in [5.74, 6) is 0.734. The first-order chi connectivity index (χ1) is 9.50. The van der Waals surface area contributed by atoms with Gasteiger partial charge in [-0.3, -0.25) is 4.98 Å². The predicted octanol–water partition coefficient (Wildman–Crippen LogP) is 2.93. The summed E-state index contributed by atoms with van der Waals surface area (Å²) in [6, 6.07) is 6.81. The molecule has 1 fully saturated rings. The van der Waals surface area contributed by atoms with Gasteiger partial charge in [-0.05, 0) is 56.8 Å². The summed E-state index contributed by atoms with van der Waals surface area (Å²) in [6.45, 7) is 6.90.